The molecule has 0 radical (unpaired) electrons. The van der Waals surface area contributed by atoms with Gasteiger partial charge in [0.05, 0.1) is 30.2 Å². The molecule has 2 bridgehead atoms. The second-order valence-electron chi connectivity index (χ2n) is 7.21. The van der Waals surface area contributed by atoms with Crippen LogP contribution >= 0.6 is 0 Å². The number of anilines is 1. The highest BCUT2D eigenvalue weighted by Crippen LogP contribution is 2.65. The molecule has 1 aliphatic heterocycles. The van der Waals surface area contributed by atoms with Crippen LogP contribution in [-0.2, 0) is 14.3 Å². The van der Waals surface area contributed by atoms with E-state index < -0.39 is 5.97 Å². The van der Waals surface area contributed by atoms with Crippen LogP contribution in [0.2, 0.25) is 0 Å². The third-order valence-corrected chi connectivity index (χ3v) is 6.19. The number of esters is 1. The quantitative estimate of drug-likeness (QED) is 0.475. The van der Waals surface area contributed by atoms with Gasteiger partial charge in [0.25, 0.3) is 0 Å². The summed E-state index contributed by atoms with van der Waals surface area (Å²) in [7, 11) is 1.31. The van der Waals surface area contributed by atoms with Gasteiger partial charge >= 0.3 is 5.97 Å². The van der Waals surface area contributed by atoms with E-state index in [0.717, 1.165) is 6.42 Å². The molecule has 2 amide bonds. The van der Waals surface area contributed by atoms with E-state index in [9.17, 15) is 14.4 Å². The van der Waals surface area contributed by atoms with Gasteiger partial charge in [0.2, 0.25) is 11.8 Å². The molecular weight excluding hydrogens is 306 g/mol. The Bertz CT molecular complexity index is 777. The second-order valence-corrected chi connectivity index (χ2v) is 7.21. The van der Waals surface area contributed by atoms with Crippen molar-refractivity contribution in [1.82, 2.24) is 0 Å². The highest BCUT2D eigenvalue weighted by molar-refractivity contribution is 6.22. The number of methoxy groups -OCH3 is 1. The Labute approximate surface area is 139 Å². The van der Waals surface area contributed by atoms with E-state index in [1.807, 2.05) is 0 Å². The molecule has 5 nitrogen and oxygen atoms in total. The number of carbonyl (C=O) groups excluding carboxylic acids is 3. The van der Waals surface area contributed by atoms with Crippen molar-refractivity contribution in [2.24, 2.45) is 35.5 Å². The number of benzene rings is 1. The number of imide groups is 1. The third kappa shape index (κ3) is 1.62. The van der Waals surface area contributed by atoms with Crippen LogP contribution in [0.5, 0.6) is 0 Å². The minimum absolute atomic E-state index is 0.114. The molecule has 5 aliphatic rings. The maximum absolute atomic E-state index is 13.0. The van der Waals surface area contributed by atoms with Gasteiger partial charge in [-0.05, 0) is 48.3 Å². The summed E-state index contributed by atoms with van der Waals surface area (Å²) >= 11 is 0. The molecule has 6 atom stereocenters. The number of hydrogen-bond acceptors (Lipinski definition) is 4. The summed E-state index contributed by atoms with van der Waals surface area (Å²) in [5.41, 5.74) is 0.810. The Morgan fingerprint density at radius 3 is 2.29 bits per heavy atom. The number of allylic oxidation sites excluding steroid dienone is 2. The first-order valence-electron chi connectivity index (χ1n) is 8.36. The van der Waals surface area contributed by atoms with Crippen molar-refractivity contribution in [2.45, 2.75) is 6.42 Å². The molecule has 1 aromatic carbocycles. The van der Waals surface area contributed by atoms with Crippen molar-refractivity contribution >= 4 is 23.5 Å². The van der Waals surface area contributed by atoms with E-state index >= 15 is 0 Å². The molecule has 1 aromatic rings. The second kappa shape index (κ2) is 4.56. The fraction of sp³-hybridized carbons (Fsp3) is 0.421. The minimum Gasteiger partial charge on any atom is -0.465 e. The fourth-order valence-electron chi connectivity index (χ4n) is 5.10. The molecule has 122 valence electrons. The van der Waals surface area contributed by atoms with Crippen LogP contribution in [-0.4, -0.2) is 24.9 Å². The molecular formula is C19H17NO4. The first-order chi connectivity index (χ1) is 11.6. The monoisotopic (exact) mass is 323 g/mol. The highest BCUT2D eigenvalue weighted by atomic mass is 16.5. The first-order valence-corrected chi connectivity index (χ1v) is 8.36. The lowest BCUT2D eigenvalue weighted by Gasteiger charge is -2.37. The lowest BCUT2D eigenvalue weighted by Crippen LogP contribution is -2.40. The topological polar surface area (TPSA) is 63.7 Å². The average molecular weight is 323 g/mol. The van der Waals surface area contributed by atoms with Crippen molar-refractivity contribution < 1.29 is 19.1 Å². The van der Waals surface area contributed by atoms with E-state index in [1.165, 1.54) is 12.0 Å². The number of hydrogen-bond donors (Lipinski definition) is 0. The van der Waals surface area contributed by atoms with E-state index in [4.69, 9.17) is 4.74 Å². The summed E-state index contributed by atoms with van der Waals surface area (Å²) in [5, 5.41) is 0. The van der Waals surface area contributed by atoms with Crippen molar-refractivity contribution in [3.63, 3.8) is 0 Å². The molecule has 0 unspecified atom stereocenters. The van der Waals surface area contributed by atoms with Crippen LogP contribution in [0.25, 0.3) is 0 Å². The first kappa shape index (κ1) is 14.0. The molecule has 2 saturated carbocycles. The van der Waals surface area contributed by atoms with E-state index in [-0.39, 0.29) is 35.5 Å². The summed E-state index contributed by atoms with van der Waals surface area (Å²) in [4.78, 5) is 39.0. The van der Waals surface area contributed by atoms with Crippen molar-refractivity contribution in [3.05, 3.63) is 42.0 Å². The molecule has 0 spiro atoms. The molecule has 0 aromatic heterocycles. The van der Waals surface area contributed by atoms with Crippen LogP contribution < -0.4 is 4.90 Å². The summed E-state index contributed by atoms with van der Waals surface area (Å²) in [5.74, 6) is 0.421. The van der Waals surface area contributed by atoms with Gasteiger partial charge < -0.3 is 4.74 Å². The van der Waals surface area contributed by atoms with Crippen molar-refractivity contribution in [3.8, 4) is 0 Å². The van der Waals surface area contributed by atoms with Gasteiger partial charge in [-0.1, -0.05) is 18.2 Å². The number of nitrogens with zero attached hydrogens (tertiary/aromatic N) is 1. The van der Waals surface area contributed by atoms with Crippen LogP contribution in [0.4, 0.5) is 5.69 Å². The average Bonchev–Trinajstić information content (AvgIpc) is 3.38. The summed E-state index contributed by atoms with van der Waals surface area (Å²) in [6, 6.07) is 6.56. The Hall–Kier alpha value is -2.43. The lowest BCUT2D eigenvalue weighted by molar-refractivity contribution is -0.124. The molecule has 1 heterocycles. The Morgan fingerprint density at radius 2 is 1.71 bits per heavy atom. The predicted octanol–water partition coefficient (Wildman–Crippen LogP) is 2.03. The zero-order valence-electron chi connectivity index (χ0n) is 13.2. The van der Waals surface area contributed by atoms with Crippen molar-refractivity contribution in [2.75, 3.05) is 12.0 Å². The number of ether oxygens (including phenoxy) is 1. The van der Waals surface area contributed by atoms with E-state index in [1.54, 1.807) is 24.3 Å². The summed E-state index contributed by atoms with van der Waals surface area (Å²) in [6.45, 7) is 0. The molecule has 1 saturated heterocycles. The van der Waals surface area contributed by atoms with E-state index in [0.29, 0.717) is 23.1 Å². The molecule has 6 rings (SSSR count). The van der Waals surface area contributed by atoms with Gasteiger partial charge in [-0.2, -0.15) is 0 Å². The molecule has 0 N–H and O–H groups in total. The van der Waals surface area contributed by atoms with E-state index in [2.05, 4.69) is 12.2 Å². The summed E-state index contributed by atoms with van der Waals surface area (Å²) in [6.07, 6.45) is 5.45. The zero-order valence-corrected chi connectivity index (χ0v) is 13.2. The van der Waals surface area contributed by atoms with Gasteiger partial charge in [0.15, 0.2) is 0 Å². The number of carbonyl (C=O) groups is 3. The van der Waals surface area contributed by atoms with Crippen molar-refractivity contribution in [1.29, 1.82) is 0 Å². The lowest BCUT2D eigenvalue weighted by atomic mass is 9.63. The van der Waals surface area contributed by atoms with Gasteiger partial charge in [-0.25, -0.2) is 9.69 Å². The fourth-order valence-corrected chi connectivity index (χ4v) is 5.10. The van der Waals surface area contributed by atoms with Crippen LogP contribution in [0.3, 0.4) is 0 Å². The number of amides is 2. The third-order valence-electron chi connectivity index (χ3n) is 6.19. The number of rotatable bonds is 2. The Kier molecular flexibility index (Phi) is 2.65. The molecule has 4 aliphatic carbocycles. The van der Waals surface area contributed by atoms with Gasteiger partial charge in [0.1, 0.15) is 0 Å². The molecule has 5 heteroatoms. The van der Waals surface area contributed by atoms with Gasteiger partial charge in [0, 0.05) is 0 Å². The normalized spacial score (nSPS) is 38.1. The maximum Gasteiger partial charge on any atom is 0.337 e. The maximum atomic E-state index is 13.0. The predicted molar refractivity (Wildman–Crippen MR) is 85.0 cm³/mol. The van der Waals surface area contributed by atoms with Crippen LogP contribution in [0, 0.1) is 35.5 Å². The Balaban J connectivity index is 1.54. The standard InChI is InChI=1S/C19H17NO4/c1-24-19(23)9-3-2-4-10(7-9)20-17(21)15-11-5-6-12(14-8-13(11)14)16(15)18(20)22/h2-7,11-16H,8H2,1H3/t11-,12+,13+,14-,15+,16-. The van der Waals surface area contributed by atoms with Gasteiger partial charge in [-0.3, -0.25) is 9.59 Å². The minimum atomic E-state index is -0.476. The molecule has 24 heavy (non-hydrogen) atoms. The van der Waals surface area contributed by atoms with Crippen LogP contribution in [0.1, 0.15) is 16.8 Å². The Morgan fingerprint density at radius 1 is 1.08 bits per heavy atom. The molecule has 3 fully saturated rings. The summed E-state index contributed by atoms with van der Waals surface area (Å²) < 4.78 is 4.73. The van der Waals surface area contributed by atoms with Crippen LogP contribution in [0.15, 0.2) is 36.4 Å². The smallest absolute Gasteiger partial charge is 0.337 e. The zero-order chi connectivity index (χ0) is 16.6. The SMILES string of the molecule is COC(=O)c1cccc(N2C(=O)[C@@H]3[C@H]4C=C[C@H]([C@@H]5C[C@H]45)[C@@H]3C2=O)c1. The largest absolute Gasteiger partial charge is 0.465 e. The van der Waals surface area contributed by atoms with Gasteiger partial charge in [-0.15, -0.1) is 0 Å². The highest BCUT2D eigenvalue weighted by Gasteiger charge is 2.67.